The van der Waals surface area contributed by atoms with E-state index in [1.165, 1.54) is 11.1 Å². The molecule has 1 amide bonds. The molecular formula is C18H19NO3. The molecule has 0 aromatic heterocycles. The molecule has 0 spiro atoms. The van der Waals surface area contributed by atoms with E-state index in [2.05, 4.69) is 19.9 Å². The van der Waals surface area contributed by atoms with Gasteiger partial charge in [0.25, 0.3) is 5.91 Å². The van der Waals surface area contributed by atoms with E-state index in [1.54, 1.807) is 30.1 Å². The number of anilines is 1. The molecule has 1 unspecified atom stereocenters. The number of aromatic hydroxyl groups is 1. The first-order chi connectivity index (χ1) is 10.5. The van der Waals surface area contributed by atoms with Gasteiger partial charge in [0.05, 0.1) is 5.69 Å². The Kier molecular flexibility index (Phi) is 3.53. The average molecular weight is 297 g/mol. The number of rotatable bonds is 2. The van der Waals surface area contributed by atoms with Gasteiger partial charge in [0, 0.05) is 19.5 Å². The van der Waals surface area contributed by atoms with E-state index in [0.29, 0.717) is 17.9 Å². The molecule has 0 fully saturated rings. The van der Waals surface area contributed by atoms with Gasteiger partial charge in [0.1, 0.15) is 11.5 Å². The van der Waals surface area contributed by atoms with Crippen LogP contribution in [0.3, 0.4) is 0 Å². The lowest BCUT2D eigenvalue weighted by atomic mass is 9.97. The minimum absolute atomic E-state index is 0.0703. The largest absolute Gasteiger partial charge is 0.508 e. The second-order valence-electron chi connectivity index (χ2n) is 5.72. The smallest absolute Gasteiger partial charge is 0.268 e. The molecule has 0 saturated heterocycles. The lowest BCUT2D eigenvalue weighted by molar-refractivity contribution is -0.125. The summed E-state index contributed by atoms with van der Waals surface area (Å²) in [6.07, 6.45) is -0.0500. The van der Waals surface area contributed by atoms with E-state index in [-0.39, 0.29) is 11.7 Å². The Morgan fingerprint density at radius 1 is 1.23 bits per heavy atom. The molecule has 1 heterocycles. The van der Waals surface area contributed by atoms with Gasteiger partial charge in [0.15, 0.2) is 6.10 Å². The van der Waals surface area contributed by atoms with Crippen LogP contribution in [0.25, 0.3) is 0 Å². The first kappa shape index (κ1) is 14.4. The van der Waals surface area contributed by atoms with E-state index in [0.717, 1.165) is 5.56 Å². The summed E-state index contributed by atoms with van der Waals surface area (Å²) < 4.78 is 5.84. The summed E-state index contributed by atoms with van der Waals surface area (Å²) in [6, 6.07) is 10.9. The second-order valence-corrected chi connectivity index (χ2v) is 5.72. The lowest BCUT2D eigenvalue weighted by Crippen LogP contribution is -2.45. The monoisotopic (exact) mass is 297 g/mol. The molecule has 1 atom stereocenters. The van der Waals surface area contributed by atoms with Gasteiger partial charge in [0.2, 0.25) is 0 Å². The molecule has 0 radical (unpaired) electrons. The van der Waals surface area contributed by atoms with Crippen molar-refractivity contribution >= 4 is 11.6 Å². The Balaban J connectivity index is 1.92. The van der Waals surface area contributed by atoms with Crippen LogP contribution in [0.5, 0.6) is 11.5 Å². The maximum absolute atomic E-state index is 12.5. The molecule has 0 bridgehead atoms. The highest BCUT2D eigenvalue weighted by atomic mass is 16.5. The van der Waals surface area contributed by atoms with Crippen molar-refractivity contribution in [2.24, 2.45) is 0 Å². The summed E-state index contributed by atoms with van der Waals surface area (Å²) in [5.41, 5.74) is 4.17. The molecule has 1 N–H and O–H groups in total. The number of phenolic OH excluding ortho intramolecular Hbond substituents is 1. The summed E-state index contributed by atoms with van der Waals surface area (Å²) in [4.78, 5) is 14.1. The number of benzene rings is 2. The maximum atomic E-state index is 12.5. The molecule has 2 aromatic carbocycles. The fourth-order valence-corrected chi connectivity index (χ4v) is 2.77. The van der Waals surface area contributed by atoms with Crippen molar-refractivity contribution in [1.29, 1.82) is 0 Å². The summed E-state index contributed by atoms with van der Waals surface area (Å²) in [7, 11) is 1.73. The standard InChI is InChI=1S/C18H19NO3/c1-11-5-4-6-13(12(11)2)9-17-18(21)19(3)15-8-7-14(20)10-16(15)22-17/h4-8,10,17,20H,9H2,1-3H3. The van der Waals surface area contributed by atoms with Crippen LogP contribution in [0.2, 0.25) is 0 Å². The van der Waals surface area contributed by atoms with E-state index < -0.39 is 6.10 Å². The molecule has 1 aliphatic heterocycles. The fourth-order valence-electron chi connectivity index (χ4n) is 2.77. The van der Waals surface area contributed by atoms with E-state index in [4.69, 9.17) is 4.74 Å². The number of ether oxygens (including phenoxy) is 1. The van der Waals surface area contributed by atoms with Crippen LogP contribution in [-0.2, 0) is 11.2 Å². The van der Waals surface area contributed by atoms with Crippen LogP contribution in [-0.4, -0.2) is 24.2 Å². The Morgan fingerprint density at radius 2 is 2.00 bits per heavy atom. The van der Waals surface area contributed by atoms with Crippen molar-refractivity contribution in [3.8, 4) is 11.5 Å². The molecule has 4 heteroatoms. The second kappa shape index (κ2) is 5.37. The number of aryl methyl sites for hydroxylation is 1. The third-order valence-electron chi connectivity index (χ3n) is 4.30. The van der Waals surface area contributed by atoms with Crippen LogP contribution in [0.4, 0.5) is 5.69 Å². The predicted octanol–water partition coefficient (Wildman–Crippen LogP) is 2.98. The molecule has 0 aliphatic carbocycles. The number of nitrogens with zero attached hydrogens (tertiary/aromatic N) is 1. The zero-order chi connectivity index (χ0) is 15.9. The summed E-state index contributed by atoms with van der Waals surface area (Å²) in [5.74, 6) is 0.600. The Morgan fingerprint density at radius 3 is 2.77 bits per heavy atom. The van der Waals surface area contributed by atoms with E-state index in [9.17, 15) is 9.90 Å². The summed E-state index contributed by atoms with van der Waals surface area (Å²) in [6.45, 7) is 4.11. The summed E-state index contributed by atoms with van der Waals surface area (Å²) >= 11 is 0. The predicted molar refractivity (Wildman–Crippen MR) is 85.6 cm³/mol. The number of carbonyl (C=O) groups is 1. The van der Waals surface area contributed by atoms with E-state index in [1.807, 2.05) is 12.1 Å². The van der Waals surface area contributed by atoms with Crippen molar-refractivity contribution in [2.75, 3.05) is 11.9 Å². The fraction of sp³-hybridized carbons (Fsp3) is 0.278. The highest BCUT2D eigenvalue weighted by Gasteiger charge is 2.32. The summed E-state index contributed by atoms with van der Waals surface area (Å²) in [5, 5.41) is 9.61. The van der Waals surface area contributed by atoms with Crippen molar-refractivity contribution in [3.05, 3.63) is 53.1 Å². The van der Waals surface area contributed by atoms with Crippen molar-refractivity contribution in [1.82, 2.24) is 0 Å². The lowest BCUT2D eigenvalue weighted by Gasteiger charge is -2.32. The first-order valence-electron chi connectivity index (χ1n) is 7.29. The number of hydrogen-bond donors (Lipinski definition) is 1. The highest BCUT2D eigenvalue weighted by Crippen LogP contribution is 2.36. The number of amides is 1. The SMILES string of the molecule is Cc1cccc(CC2Oc3cc(O)ccc3N(C)C2=O)c1C. The average Bonchev–Trinajstić information content (AvgIpc) is 2.49. The van der Waals surface area contributed by atoms with Gasteiger partial charge in [-0.15, -0.1) is 0 Å². The van der Waals surface area contributed by atoms with Crippen molar-refractivity contribution < 1.29 is 14.6 Å². The normalized spacial score (nSPS) is 17.1. The van der Waals surface area contributed by atoms with Gasteiger partial charge in [-0.3, -0.25) is 4.79 Å². The number of likely N-dealkylation sites (N-methyl/N-ethyl adjacent to an activating group) is 1. The maximum Gasteiger partial charge on any atom is 0.268 e. The number of fused-ring (bicyclic) bond motifs is 1. The van der Waals surface area contributed by atoms with E-state index >= 15 is 0 Å². The van der Waals surface area contributed by atoms with Gasteiger partial charge in [-0.1, -0.05) is 18.2 Å². The molecule has 2 aromatic rings. The number of carbonyl (C=O) groups excluding carboxylic acids is 1. The minimum atomic E-state index is -0.570. The van der Waals surface area contributed by atoms with Crippen LogP contribution in [0.1, 0.15) is 16.7 Å². The number of hydrogen-bond acceptors (Lipinski definition) is 3. The molecule has 0 saturated carbocycles. The van der Waals surface area contributed by atoms with Crippen LogP contribution >= 0.6 is 0 Å². The zero-order valence-electron chi connectivity index (χ0n) is 13.0. The quantitative estimate of drug-likeness (QED) is 0.927. The van der Waals surface area contributed by atoms with Gasteiger partial charge < -0.3 is 14.7 Å². The molecule has 1 aliphatic rings. The molecule has 22 heavy (non-hydrogen) atoms. The zero-order valence-corrected chi connectivity index (χ0v) is 13.0. The molecule has 114 valence electrons. The van der Waals surface area contributed by atoms with Gasteiger partial charge >= 0.3 is 0 Å². The Bertz CT molecular complexity index is 739. The topological polar surface area (TPSA) is 49.8 Å². The minimum Gasteiger partial charge on any atom is -0.508 e. The first-order valence-corrected chi connectivity index (χ1v) is 7.29. The van der Waals surface area contributed by atoms with Crippen LogP contribution < -0.4 is 9.64 Å². The van der Waals surface area contributed by atoms with Gasteiger partial charge in [-0.25, -0.2) is 0 Å². The molecule has 4 nitrogen and oxygen atoms in total. The van der Waals surface area contributed by atoms with Gasteiger partial charge in [-0.05, 0) is 42.7 Å². The third kappa shape index (κ3) is 2.41. The van der Waals surface area contributed by atoms with Crippen LogP contribution in [0.15, 0.2) is 36.4 Å². The van der Waals surface area contributed by atoms with Gasteiger partial charge in [-0.2, -0.15) is 0 Å². The van der Waals surface area contributed by atoms with Crippen molar-refractivity contribution in [3.63, 3.8) is 0 Å². The number of phenols is 1. The Labute approximate surface area is 130 Å². The van der Waals surface area contributed by atoms with Crippen molar-refractivity contribution in [2.45, 2.75) is 26.4 Å². The van der Waals surface area contributed by atoms with Crippen LogP contribution in [0, 0.1) is 13.8 Å². The third-order valence-corrected chi connectivity index (χ3v) is 4.30. The molecule has 3 rings (SSSR count). The molecular weight excluding hydrogens is 278 g/mol. The highest BCUT2D eigenvalue weighted by molar-refractivity contribution is 5.99. The Hall–Kier alpha value is -2.49.